The molecule has 0 heterocycles. The Morgan fingerprint density at radius 2 is 2.08 bits per heavy atom. The van der Waals surface area contributed by atoms with Crippen molar-refractivity contribution in [1.82, 2.24) is 5.32 Å². The Balaban J connectivity index is 4.52. The van der Waals surface area contributed by atoms with Gasteiger partial charge in [0.05, 0.1) is 5.70 Å². The largest absolute Gasteiger partial charge is 0.383 e. The second-order valence-corrected chi connectivity index (χ2v) is 2.85. The van der Waals surface area contributed by atoms with Gasteiger partial charge in [0.1, 0.15) is 0 Å². The summed E-state index contributed by atoms with van der Waals surface area (Å²) < 4.78 is 0. The molecular formula is C11H17N. The van der Waals surface area contributed by atoms with E-state index in [-0.39, 0.29) is 5.92 Å². The minimum atomic E-state index is 0.179. The van der Waals surface area contributed by atoms with Crippen LogP contribution in [-0.4, -0.2) is 6.54 Å². The van der Waals surface area contributed by atoms with Crippen molar-refractivity contribution in [3.05, 3.63) is 17.0 Å². The van der Waals surface area contributed by atoms with E-state index < -0.39 is 0 Å². The molecule has 0 saturated carbocycles. The molecule has 0 amide bonds. The molecule has 0 rings (SSSR count). The van der Waals surface area contributed by atoms with E-state index in [1.54, 1.807) is 0 Å². The summed E-state index contributed by atoms with van der Waals surface area (Å²) in [5.74, 6) is 2.85. The molecule has 0 aromatic carbocycles. The number of hydrogen-bond donors (Lipinski definition) is 1. The van der Waals surface area contributed by atoms with E-state index >= 15 is 0 Å². The van der Waals surface area contributed by atoms with E-state index in [0.717, 1.165) is 17.8 Å². The average molecular weight is 163 g/mol. The smallest absolute Gasteiger partial charge is 0.0506 e. The van der Waals surface area contributed by atoms with Crippen molar-refractivity contribution >= 4 is 0 Å². The SMILES string of the molecule is C#CC(C)C(C)=C=C(C)NCC. The van der Waals surface area contributed by atoms with Gasteiger partial charge in [-0.25, -0.2) is 0 Å². The lowest BCUT2D eigenvalue weighted by atomic mass is 10.1. The molecule has 0 aliphatic rings. The highest BCUT2D eigenvalue weighted by Gasteiger charge is 1.97. The second kappa shape index (κ2) is 5.52. The Morgan fingerprint density at radius 3 is 2.50 bits per heavy atom. The third-order valence-electron chi connectivity index (χ3n) is 1.73. The van der Waals surface area contributed by atoms with Crippen molar-refractivity contribution in [3.63, 3.8) is 0 Å². The maximum Gasteiger partial charge on any atom is 0.0506 e. The van der Waals surface area contributed by atoms with Crippen molar-refractivity contribution < 1.29 is 0 Å². The van der Waals surface area contributed by atoms with Crippen molar-refractivity contribution in [2.24, 2.45) is 5.92 Å². The second-order valence-electron chi connectivity index (χ2n) is 2.85. The van der Waals surface area contributed by atoms with Gasteiger partial charge in [0.15, 0.2) is 0 Å². The van der Waals surface area contributed by atoms with Crippen molar-refractivity contribution in [3.8, 4) is 12.3 Å². The summed E-state index contributed by atoms with van der Waals surface area (Å²) in [6, 6.07) is 0. The summed E-state index contributed by atoms with van der Waals surface area (Å²) in [6.07, 6.45) is 5.28. The highest BCUT2D eigenvalue weighted by Crippen LogP contribution is 2.06. The minimum absolute atomic E-state index is 0.179. The summed E-state index contributed by atoms with van der Waals surface area (Å²) in [5, 5.41) is 3.17. The molecule has 1 N–H and O–H groups in total. The lowest BCUT2D eigenvalue weighted by molar-refractivity contribution is 0.845. The lowest BCUT2D eigenvalue weighted by Gasteiger charge is -2.02. The van der Waals surface area contributed by atoms with Crippen LogP contribution in [0.1, 0.15) is 27.7 Å². The molecule has 0 aliphatic carbocycles. The van der Waals surface area contributed by atoms with Crippen LogP contribution in [0.5, 0.6) is 0 Å². The molecule has 0 saturated heterocycles. The van der Waals surface area contributed by atoms with Crippen molar-refractivity contribution in [2.45, 2.75) is 27.7 Å². The van der Waals surface area contributed by atoms with Crippen LogP contribution in [0.4, 0.5) is 0 Å². The first-order valence-corrected chi connectivity index (χ1v) is 4.25. The Labute approximate surface area is 75.6 Å². The molecule has 1 atom stereocenters. The third kappa shape index (κ3) is 3.91. The summed E-state index contributed by atoms with van der Waals surface area (Å²) in [5.41, 5.74) is 5.37. The van der Waals surface area contributed by atoms with E-state index in [2.05, 4.69) is 23.9 Å². The van der Waals surface area contributed by atoms with E-state index in [9.17, 15) is 0 Å². The molecule has 1 heteroatoms. The zero-order valence-electron chi connectivity index (χ0n) is 8.36. The molecule has 0 aromatic heterocycles. The summed E-state index contributed by atoms with van der Waals surface area (Å²) >= 11 is 0. The fourth-order valence-corrected chi connectivity index (χ4v) is 0.838. The number of rotatable bonds is 3. The van der Waals surface area contributed by atoms with Gasteiger partial charge in [-0.1, -0.05) is 5.92 Å². The topological polar surface area (TPSA) is 12.0 Å². The molecule has 0 bridgehead atoms. The molecule has 66 valence electrons. The van der Waals surface area contributed by atoms with E-state index in [1.807, 2.05) is 20.8 Å². The van der Waals surface area contributed by atoms with Crippen LogP contribution >= 0.6 is 0 Å². The fraction of sp³-hybridized carbons (Fsp3) is 0.545. The first-order chi connectivity index (χ1) is 5.61. The zero-order chi connectivity index (χ0) is 9.56. The molecule has 12 heavy (non-hydrogen) atoms. The Kier molecular flexibility index (Phi) is 5.00. The maximum absolute atomic E-state index is 5.28. The molecule has 0 fully saturated rings. The summed E-state index contributed by atoms with van der Waals surface area (Å²) in [6.45, 7) is 8.99. The molecule has 0 aliphatic heterocycles. The minimum Gasteiger partial charge on any atom is -0.383 e. The standard InChI is InChI=1S/C11H17N/c1-6-9(3)10(4)8-11(5)12-7-2/h1,9,12H,7H2,2-5H3. The predicted molar refractivity (Wildman–Crippen MR) is 53.6 cm³/mol. The number of terminal acetylenes is 1. The van der Waals surface area contributed by atoms with Crippen molar-refractivity contribution in [1.29, 1.82) is 0 Å². The monoisotopic (exact) mass is 163 g/mol. The van der Waals surface area contributed by atoms with Gasteiger partial charge in [-0.15, -0.1) is 12.2 Å². The zero-order valence-corrected chi connectivity index (χ0v) is 8.36. The highest BCUT2D eigenvalue weighted by molar-refractivity contribution is 5.14. The van der Waals surface area contributed by atoms with Gasteiger partial charge in [0.2, 0.25) is 0 Å². The first kappa shape index (κ1) is 10.9. The number of allylic oxidation sites excluding steroid dienone is 1. The van der Waals surface area contributed by atoms with Gasteiger partial charge < -0.3 is 5.32 Å². The van der Waals surface area contributed by atoms with E-state index in [1.165, 1.54) is 0 Å². The van der Waals surface area contributed by atoms with Crippen LogP contribution in [0.25, 0.3) is 0 Å². The molecule has 0 aromatic rings. The Morgan fingerprint density at radius 1 is 1.50 bits per heavy atom. The summed E-state index contributed by atoms with van der Waals surface area (Å²) in [7, 11) is 0. The van der Waals surface area contributed by atoms with Crippen molar-refractivity contribution in [2.75, 3.05) is 6.54 Å². The molecule has 1 nitrogen and oxygen atoms in total. The Bertz CT molecular complexity index is 236. The quantitative estimate of drug-likeness (QED) is 0.497. The molecule has 0 radical (unpaired) electrons. The molecule has 0 spiro atoms. The number of hydrogen-bond acceptors (Lipinski definition) is 1. The third-order valence-corrected chi connectivity index (χ3v) is 1.73. The summed E-state index contributed by atoms with van der Waals surface area (Å²) in [4.78, 5) is 0. The van der Waals surface area contributed by atoms with Gasteiger partial charge in [0.25, 0.3) is 0 Å². The maximum atomic E-state index is 5.28. The average Bonchev–Trinajstić information content (AvgIpc) is 2.03. The normalized spacial score (nSPS) is 10.9. The van der Waals surface area contributed by atoms with Gasteiger partial charge in [-0.2, -0.15) is 0 Å². The van der Waals surface area contributed by atoms with Crippen LogP contribution in [-0.2, 0) is 0 Å². The van der Waals surface area contributed by atoms with Crippen LogP contribution in [0, 0.1) is 18.3 Å². The Hall–Kier alpha value is -1.12. The van der Waals surface area contributed by atoms with E-state index in [4.69, 9.17) is 6.42 Å². The van der Waals surface area contributed by atoms with Crippen LogP contribution in [0.3, 0.4) is 0 Å². The van der Waals surface area contributed by atoms with Crippen LogP contribution in [0.15, 0.2) is 17.0 Å². The van der Waals surface area contributed by atoms with Crippen LogP contribution in [0.2, 0.25) is 0 Å². The highest BCUT2D eigenvalue weighted by atomic mass is 14.8. The fourth-order valence-electron chi connectivity index (χ4n) is 0.838. The van der Waals surface area contributed by atoms with Gasteiger partial charge in [-0.3, -0.25) is 0 Å². The molecule has 1 unspecified atom stereocenters. The van der Waals surface area contributed by atoms with Gasteiger partial charge in [0, 0.05) is 12.5 Å². The lowest BCUT2D eigenvalue weighted by Crippen LogP contribution is -2.08. The first-order valence-electron chi connectivity index (χ1n) is 4.25. The predicted octanol–water partition coefficient (Wildman–Crippen LogP) is 2.31. The van der Waals surface area contributed by atoms with Gasteiger partial charge >= 0.3 is 0 Å². The van der Waals surface area contributed by atoms with Gasteiger partial charge in [-0.05, 0) is 33.3 Å². The van der Waals surface area contributed by atoms with Crippen LogP contribution < -0.4 is 5.32 Å². The van der Waals surface area contributed by atoms with E-state index in [0.29, 0.717) is 0 Å². The number of nitrogens with one attached hydrogen (secondary N) is 1. The molecular weight excluding hydrogens is 146 g/mol.